The highest BCUT2D eigenvalue weighted by Crippen LogP contribution is 2.39. The number of halogens is 1. The second-order valence-electron chi connectivity index (χ2n) is 6.80. The van der Waals surface area contributed by atoms with Crippen LogP contribution in [0.3, 0.4) is 0 Å². The van der Waals surface area contributed by atoms with E-state index in [-0.39, 0.29) is 12.0 Å². The molecule has 1 amide bonds. The Morgan fingerprint density at radius 1 is 1.13 bits per heavy atom. The second kappa shape index (κ2) is 8.59. The summed E-state index contributed by atoms with van der Waals surface area (Å²) >= 11 is 6.43. The van der Waals surface area contributed by atoms with Crippen LogP contribution in [0.4, 0.5) is 0 Å². The number of amides is 1. The van der Waals surface area contributed by atoms with Gasteiger partial charge in [-0.05, 0) is 35.9 Å². The lowest BCUT2D eigenvalue weighted by Gasteiger charge is -2.13. The van der Waals surface area contributed by atoms with E-state index in [1.54, 1.807) is 37.7 Å². The number of fused-ring (bicyclic) bond motifs is 1. The van der Waals surface area contributed by atoms with Crippen LogP contribution in [-0.4, -0.2) is 42.7 Å². The second-order valence-corrected chi connectivity index (χ2v) is 7.20. The van der Waals surface area contributed by atoms with E-state index >= 15 is 0 Å². The Bertz CT molecular complexity index is 1080. The highest BCUT2D eigenvalue weighted by atomic mass is 35.5. The van der Waals surface area contributed by atoms with Gasteiger partial charge in [0, 0.05) is 35.5 Å². The van der Waals surface area contributed by atoms with Crippen molar-refractivity contribution in [3.05, 3.63) is 65.2 Å². The smallest absolute Gasteiger partial charge is 0.251 e. The molecule has 0 unspecified atom stereocenters. The first-order valence-electron chi connectivity index (χ1n) is 9.33. The molecule has 30 heavy (non-hydrogen) atoms. The van der Waals surface area contributed by atoms with Gasteiger partial charge >= 0.3 is 0 Å². The van der Waals surface area contributed by atoms with Gasteiger partial charge in [-0.1, -0.05) is 11.6 Å². The highest BCUT2D eigenvalue weighted by molar-refractivity contribution is 6.32. The predicted molar refractivity (Wildman–Crippen MR) is 112 cm³/mol. The molecule has 1 N–H and O–H groups in total. The van der Waals surface area contributed by atoms with Crippen LogP contribution < -0.4 is 19.5 Å². The van der Waals surface area contributed by atoms with Crippen LogP contribution in [0.5, 0.6) is 17.2 Å². The molecular weight excluding hydrogens is 406 g/mol. The summed E-state index contributed by atoms with van der Waals surface area (Å²) in [5.74, 6) is 1.50. The first kappa shape index (κ1) is 20.0. The Morgan fingerprint density at radius 3 is 2.63 bits per heavy atom. The molecule has 0 saturated heterocycles. The van der Waals surface area contributed by atoms with E-state index in [9.17, 15) is 4.79 Å². The molecule has 2 aromatic carbocycles. The van der Waals surface area contributed by atoms with Gasteiger partial charge in [0.1, 0.15) is 18.2 Å². The molecule has 154 valence electrons. The quantitative estimate of drug-likeness (QED) is 0.650. The molecule has 4 rings (SSSR count). The fourth-order valence-electron chi connectivity index (χ4n) is 3.40. The van der Waals surface area contributed by atoms with E-state index in [4.69, 9.17) is 25.8 Å². The lowest BCUT2D eigenvalue weighted by molar-refractivity contribution is 0.0933. The summed E-state index contributed by atoms with van der Waals surface area (Å²) in [7, 11) is 3.08. The SMILES string of the molecule is COc1ccc(C(=O)NC[C@@H]2Cc3cc(-c4cncnc4)cc(Cl)c3O2)cc1OC. The molecule has 7 nitrogen and oxygen atoms in total. The van der Waals surface area contributed by atoms with Gasteiger partial charge in [-0.25, -0.2) is 9.97 Å². The van der Waals surface area contributed by atoms with Crippen LogP contribution in [0.25, 0.3) is 11.1 Å². The molecule has 1 aliphatic rings. The van der Waals surface area contributed by atoms with Crippen molar-refractivity contribution in [3.8, 4) is 28.4 Å². The molecule has 0 fully saturated rings. The van der Waals surface area contributed by atoms with Crippen LogP contribution in [0.15, 0.2) is 49.1 Å². The third-order valence-corrected chi connectivity index (χ3v) is 5.16. The minimum atomic E-state index is -0.219. The number of carbonyl (C=O) groups excluding carboxylic acids is 1. The van der Waals surface area contributed by atoms with Gasteiger partial charge in [-0.15, -0.1) is 0 Å². The van der Waals surface area contributed by atoms with E-state index in [2.05, 4.69) is 15.3 Å². The van der Waals surface area contributed by atoms with Crippen LogP contribution in [-0.2, 0) is 6.42 Å². The van der Waals surface area contributed by atoms with E-state index in [1.165, 1.54) is 13.4 Å². The summed E-state index contributed by atoms with van der Waals surface area (Å²) in [5.41, 5.74) is 3.28. The monoisotopic (exact) mass is 425 g/mol. The average Bonchev–Trinajstić information content (AvgIpc) is 3.21. The molecule has 1 aromatic heterocycles. The van der Waals surface area contributed by atoms with E-state index in [0.29, 0.717) is 40.8 Å². The number of methoxy groups -OCH3 is 2. The lowest BCUT2D eigenvalue weighted by atomic mass is 10.0. The van der Waals surface area contributed by atoms with Crippen molar-refractivity contribution in [3.63, 3.8) is 0 Å². The van der Waals surface area contributed by atoms with Crippen LogP contribution in [0, 0.1) is 0 Å². The third-order valence-electron chi connectivity index (χ3n) is 4.88. The normalized spacial score (nSPS) is 14.6. The summed E-state index contributed by atoms with van der Waals surface area (Å²) in [6, 6.07) is 8.89. The number of carbonyl (C=O) groups is 1. The standard InChI is InChI=1S/C22H20ClN3O4/c1-28-19-4-3-13(8-20(19)29-2)22(27)26-11-17-6-15-5-14(7-18(23)21(15)30-17)16-9-24-12-25-10-16/h3-5,7-10,12,17H,6,11H2,1-2H3,(H,26,27)/t17-/m0/s1. The molecule has 1 aliphatic heterocycles. The molecule has 0 radical (unpaired) electrons. The molecule has 0 spiro atoms. The maximum atomic E-state index is 12.5. The third kappa shape index (κ3) is 4.02. The highest BCUT2D eigenvalue weighted by Gasteiger charge is 2.26. The molecule has 0 saturated carbocycles. The van der Waals surface area contributed by atoms with Crippen molar-refractivity contribution in [1.82, 2.24) is 15.3 Å². The van der Waals surface area contributed by atoms with E-state index in [0.717, 1.165) is 16.7 Å². The van der Waals surface area contributed by atoms with Gasteiger partial charge in [-0.2, -0.15) is 0 Å². The van der Waals surface area contributed by atoms with Gasteiger partial charge < -0.3 is 19.5 Å². The molecule has 1 atom stereocenters. The maximum Gasteiger partial charge on any atom is 0.251 e. The van der Waals surface area contributed by atoms with Gasteiger partial charge in [0.25, 0.3) is 5.91 Å². The zero-order valence-electron chi connectivity index (χ0n) is 16.5. The lowest BCUT2D eigenvalue weighted by Crippen LogP contribution is -2.34. The number of nitrogens with one attached hydrogen (secondary N) is 1. The number of benzene rings is 2. The fourth-order valence-corrected chi connectivity index (χ4v) is 3.69. The number of hydrogen-bond acceptors (Lipinski definition) is 6. The Balaban J connectivity index is 1.43. The van der Waals surface area contributed by atoms with Crippen molar-refractivity contribution < 1.29 is 19.0 Å². The van der Waals surface area contributed by atoms with E-state index < -0.39 is 0 Å². The molecule has 8 heteroatoms. The van der Waals surface area contributed by atoms with Crippen molar-refractivity contribution in [2.75, 3.05) is 20.8 Å². The van der Waals surface area contributed by atoms with Crippen molar-refractivity contribution in [1.29, 1.82) is 0 Å². The average molecular weight is 426 g/mol. The van der Waals surface area contributed by atoms with Gasteiger partial charge in [0.2, 0.25) is 0 Å². The van der Waals surface area contributed by atoms with Crippen molar-refractivity contribution in [2.24, 2.45) is 0 Å². The molecule has 0 aliphatic carbocycles. The topological polar surface area (TPSA) is 82.6 Å². The molecule has 0 bridgehead atoms. The van der Waals surface area contributed by atoms with Crippen molar-refractivity contribution in [2.45, 2.75) is 12.5 Å². The van der Waals surface area contributed by atoms with Crippen LogP contribution >= 0.6 is 11.6 Å². The minimum Gasteiger partial charge on any atom is -0.493 e. The first-order valence-corrected chi connectivity index (χ1v) is 9.71. The summed E-state index contributed by atoms with van der Waals surface area (Å²) in [4.78, 5) is 20.6. The Hall–Kier alpha value is -3.32. The number of hydrogen-bond donors (Lipinski definition) is 1. The molecule has 3 aromatic rings. The summed E-state index contributed by atoms with van der Waals surface area (Å²) in [6.07, 6.45) is 5.40. The van der Waals surface area contributed by atoms with Crippen LogP contribution in [0.1, 0.15) is 15.9 Å². The first-order chi connectivity index (χ1) is 14.6. The van der Waals surface area contributed by atoms with Crippen molar-refractivity contribution >= 4 is 17.5 Å². The number of ether oxygens (including phenoxy) is 3. The van der Waals surface area contributed by atoms with E-state index in [1.807, 2.05) is 12.1 Å². The zero-order valence-corrected chi connectivity index (χ0v) is 17.3. The van der Waals surface area contributed by atoms with Gasteiger partial charge in [0.15, 0.2) is 11.5 Å². The fraction of sp³-hybridized carbons (Fsp3) is 0.227. The Morgan fingerprint density at radius 2 is 1.90 bits per heavy atom. The summed E-state index contributed by atoms with van der Waals surface area (Å²) < 4.78 is 16.4. The largest absolute Gasteiger partial charge is 0.493 e. The zero-order chi connectivity index (χ0) is 21.1. The number of rotatable bonds is 6. The minimum absolute atomic E-state index is 0.205. The van der Waals surface area contributed by atoms with Gasteiger partial charge in [0.05, 0.1) is 25.8 Å². The Labute approximate surface area is 179 Å². The summed E-state index contributed by atoms with van der Waals surface area (Å²) in [5, 5.41) is 3.43. The molecule has 2 heterocycles. The maximum absolute atomic E-state index is 12.5. The summed E-state index contributed by atoms with van der Waals surface area (Å²) in [6.45, 7) is 0.349. The number of nitrogens with zero attached hydrogens (tertiary/aromatic N) is 2. The van der Waals surface area contributed by atoms with Gasteiger partial charge in [-0.3, -0.25) is 4.79 Å². The Kier molecular flexibility index (Phi) is 5.72. The predicted octanol–water partition coefficient (Wildman–Crippen LogP) is 3.55. The number of aromatic nitrogens is 2. The van der Waals surface area contributed by atoms with Crippen LogP contribution in [0.2, 0.25) is 5.02 Å². The molecular formula is C22H20ClN3O4.